The lowest BCUT2D eigenvalue weighted by Crippen LogP contribution is -2.01. The van der Waals surface area contributed by atoms with Gasteiger partial charge in [-0.2, -0.15) is 0 Å². The molecule has 3 aromatic carbocycles. The topological polar surface area (TPSA) is 48.7 Å². The van der Waals surface area contributed by atoms with E-state index in [0.29, 0.717) is 28.0 Å². The van der Waals surface area contributed by atoms with E-state index < -0.39 is 5.63 Å². The van der Waals surface area contributed by atoms with Gasteiger partial charge in [0.05, 0.1) is 12.5 Å². The van der Waals surface area contributed by atoms with Crippen LogP contribution in [0.2, 0.25) is 0 Å². The number of methoxy groups -OCH3 is 1. The molecule has 0 aliphatic carbocycles. The smallest absolute Gasteiger partial charge is 0.344 e. The molecule has 0 saturated heterocycles. The van der Waals surface area contributed by atoms with E-state index in [0.717, 1.165) is 10.8 Å². The molecule has 130 valence electrons. The molecule has 0 unspecified atom stereocenters. The molecular weight excluding hydrogens is 335 g/mol. The molecule has 0 amide bonds. The summed E-state index contributed by atoms with van der Waals surface area (Å²) in [7, 11) is 1.54. The third-order valence-electron chi connectivity index (χ3n) is 4.24. The second-order valence-corrected chi connectivity index (χ2v) is 5.84. The molecule has 0 radical (unpaired) electrons. The summed E-state index contributed by atoms with van der Waals surface area (Å²) in [6.07, 6.45) is 0. The number of benzene rings is 3. The van der Waals surface area contributed by atoms with E-state index in [9.17, 15) is 9.18 Å². The molecule has 5 heteroatoms. The van der Waals surface area contributed by atoms with Crippen LogP contribution in [-0.4, -0.2) is 7.11 Å². The summed E-state index contributed by atoms with van der Waals surface area (Å²) in [4.78, 5) is 12.3. The predicted molar refractivity (Wildman–Crippen MR) is 97.3 cm³/mol. The zero-order chi connectivity index (χ0) is 18.1. The van der Waals surface area contributed by atoms with Gasteiger partial charge in [-0.05, 0) is 36.4 Å². The Morgan fingerprint density at radius 2 is 1.69 bits per heavy atom. The highest BCUT2D eigenvalue weighted by molar-refractivity contribution is 6.04. The molecule has 4 nitrogen and oxygen atoms in total. The Morgan fingerprint density at radius 3 is 2.50 bits per heavy atom. The van der Waals surface area contributed by atoms with Gasteiger partial charge in [-0.1, -0.05) is 18.2 Å². The van der Waals surface area contributed by atoms with Crippen LogP contribution in [0.5, 0.6) is 11.5 Å². The van der Waals surface area contributed by atoms with Crippen molar-refractivity contribution in [1.29, 1.82) is 0 Å². The summed E-state index contributed by atoms with van der Waals surface area (Å²) < 4.78 is 29.9. The number of fused-ring (bicyclic) bond motifs is 3. The minimum atomic E-state index is -0.447. The van der Waals surface area contributed by atoms with Crippen LogP contribution in [0.1, 0.15) is 5.56 Å². The van der Waals surface area contributed by atoms with Crippen LogP contribution in [0, 0.1) is 5.82 Å². The summed E-state index contributed by atoms with van der Waals surface area (Å²) >= 11 is 0. The Bertz CT molecular complexity index is 1160. The van der Waals surface area contributed by atoms with Gasteiger partial charge in [0, 0.05) is 22.4 Å². The van der Waals surface area contributed by atoms with Gasteiger partial charge in [-0.25, -0.2) is 9.18 Å². The molecule has 0 atom stereocenters. The van der Waals surface area contributed by atoms with E-state index >= 15 is 0 Å². The molecule has 1 heterocycles. The second-order valence-electron chi connectivity index (χ2n) is 5.84. The first-order valence-corrected chi connectivity index (χ1v) is 8.06. The minimum Gasteiger partial charge on any atom is -0.497 e. The fourth-order valence-electron chi connectivity index (χ4n) is 2.88. The third kappa shape index (κ3) is 2.88. The largest absolute Gasteiger partial charge is 0.497 e. The van der Waals surface area contributed by atoms with Gasteiger partial charge in [-0.15, -0.1) is 0 Å². The van der Waals surface area contributed by atoms with Crippen LogP contribution in [0.25, 0.3) is 21.7 Å². The van der Waals surface area contributed by atoms with E-state index in [1.807, 2.05) is 12.1 Å². The van der Waals surface area contributed by atoms with E-state index in [-0.39, 0.29) is 12.4 Å². The molecule has 0 aliphatic heterocycles. The lowest BCUT2D eigenvalue weighted by Gasteiger charge is -2.09. The van der Waals surface area contributed by atoms with Gasteiger partial charge in [0.25, 0.3) is 0 Å². The van der Waals surface area contributed by atoms with Gasteiger partial charge in [0.2, 0.25) is 0 Å². The molecule has 0 aliphatic rings. The Balaban J connectivity index is 1.72. The number of rotatable bonds is 4. The van der Waals surface area contributed by atoms with Crippen molar-refractivity contribution in [2.24, 2.45) is 0 Å². The number of hydrogen-bond donors (Lipinski definition) is 0. The Hall–Kier alpha value is -3.34. The number of halogens is 1. The van der Waals surface area contributed by atoms with Crippen LogP contribution in [-0.2, 0) is 6.61 Å². The highest BCUT2D eigenvalue weighted by Crippen LogP contribution is 2.28. The molecule has 1 aromatic heterocycles. The van der Waals surface area contributed by atoms with Crippen molar-refractivity contribution in [2.75, 3.05) is 7.11 Å². The average molecular weight is 350 g/mol. The van der Waals surface area contributed by atoms with E-state index in [1.54, 1.807) is 49.6 Å². The van der Waals surface area contributed by atoms with Crippen molar-refractivity contribution < 1.29 is 18.3 Å². The van der Waals surface area contributed by atoms with Crippen LogP contribution >= 0.6 is 0 Å². The molecule has 0 fully saturated rings. The monoisotopic (exact) mass is 350 g/mol. The molecule has 0 spiro atoms. The maximum Gasteiger partial charge on any atom is 0.344 e. The summed E-state index contributed by atoms with van der Waals surface area (Å²) in [5, 5.41) is 2.02. The quantitative estimate of drug-likeness (QED) is 0.396. The van der Waals surface area contributed by atoms with Crippen LogP contribution in [0.4, 0.5) is 4.39 Å². The third-order valence-corrected chi connectivity index (χ3v) is 4.24. The van der Waals surface area contributed by atoms with Gasteiger partial charge in [0.15, 0.2) is 0 Å². The normalized spacial score (nSPS) is 11.0. The van der Waals surface area contributed by atoms with Gasteiger partial charge < -0.3 is 13.9 Å². The van der Waals surface area contributed by atoms with Gasteiger partial charge >= 0.3 is 5.63 Å². The summed E-state index contributed by atoms with van der Waals surface area (Å²) in [5.41, 5.74) is 0.427. The van der Waals surface area contributed by atoms with E-state index in [2.05, 4.69) is 0 Å². The zero-order valence-electron chi connectivity index (χ0n) is 14.0. The van der Waals surface area contributed by atoms with Crippen LogP contribution in [0.3, 0.4) is 0 Å². The Kier molecular flexibility index (Phi) is 4.05. The van der Waals surface area contributed by atoms with E-state index in [4.69, 9.17) is 13.9 Å². The van der Waals surface area contributed by atoms with Gasteiger partial charge in [-0.3, -0.25) is 0 Å². The maximum absolute atomic E-state index is 13.7. The zero-order valence-corrected chi connectivity index (χ0v) is 14.0. The Morgan fingerprint density at radius 1 is 0.923 bits per heavy atom. The first kappa shape index (κ1) is 16.1. The minimum absolute atomic E-state index is 0.0905. The lowest BCUT2D eigenvalue weighted by atomic mass is 10.1. The van der Waals surface area contributed by atoms with Crippen molar-refractivity contribution in [2.45, 2.75) is 6.61 Å². The second kappa shape index (κ2) is 6.52. The molecule has 0 saturated carbocycles. The molecule has 4 rings (SSSR count). The average Bonchev–Trinajstić information content (AvgIpc) is 2.67. The summed E-state index contributed by atoms with van der Waals surface area (Å²) in [6.45, 7) is 0.0905. The maximum atomic E-state index is 13.7. The van der Waals surface area contributed by atoms with E-state index in [1.165, 1.54) is 6.07 Å². The summed E-state index contributed by atoms with van der Waals surface area (Å²) in [6, 6.07) is 16.9. The molecular formula is C21H15FO4. The van der Waals surface area contributed by atoms with Crippen molar-refractivity contribution >= 4 is 21.7 Å². The van der Waals surface area contributed by atoms with Gasteiger partial charge in [0.1, 0.15) is 29.5 Å². The molecule has 4 aromatic rings. The van der Waals surface area contributed by atoms with Crippen LogP contribution < -0.4 is 15.1 Å². The van der Waals surface area contributed by atoms with Crippen molar-refractivity contribution in [3.8, 4) is 11.5 Å². The first-order valence-electron chi connectivity index (χ1n) is 8.06. The summed E-state index contributed by atoms with van der Waals surface area (Å²) in [5.74, 6) is 0.769. The van der Waals surface area contributed by atoms with Crippen molar-refractivity contribution in [1.82, 2.24) is 0 Å². The standard InChI is InChI=1S/C21H15FO4/c1-24-14-6-8-16-17-9-7-15(11-20(17)26-21(23)18(16)10-14)25-12-13-4-2-3-5-19(13)22/h2-11H,12H2,1H3. The molecule has 0 bridgehead atoms. The Labute approximate surface area is 148 Å². The lowest BCUT2D eigenvalue weighted by molar-refractivity contribution is 0.300. The fraction of sp³-hybridized carbons (Fsp3) is 0.0952. The molecule has 26 heavy (non-hydrogen) atoms. The molecule has 0 N–H and O–H groups in total. The highest BCUT2D eigenvalue weighted by Gasteiger charge is 2.10. The van der Waals surface area contributed by atoms with Crippen molar-refractivity contribution in [3.05, 3.63) is 82.5 Å². The predicted octanol–water partition coefficient (Wildman–Crippen LogP) is 4.67. The first-order chi connectivity index (χ1) is 12.7. The SMILES string of the molecule is COc1ccc2c(c1)c(=O)oc1cc(OCc3ccccc3F)ccc12. The fourth-order valence-corrected chi connectivity index (χ4v) is 2.88. The number of hydrogen-bond acceptors (Lipinski definition) is 4. The van der Waals surface area contributed by atoms with Crippen LogP contribution in [0.15, 0.2) is 69.9 Å². The number of ether oxygens (including phenoxy) is 2. The highest BCUT2D eigenvalue weighted by atomic mass is 19.1. The van der Waals surface area contributed by atoms with Crippen molar-refractivity contribution in [3.63, 3.8) is 0 Å².